The number of hydrogen-bond acceptors (Lipinski definition) is 5. The Labute approximate surface area is 118 Å². The van der Waals surface area contributed by atoms with E-state index in [0.29, 0.717) is 12.3 Å². The summed E-state index contributed by atoms with van der Waals surface area (Å²) in [6, 6.07) is 7.72. The molecule has 20 heavy (non-hydrogen) atoms. The standard InChI is InChI=1S/C14H17N3O2S/c1-10-14(15-8-11-6-7-20(18,19)9-11)17-13-5-3-2-4-12(13)16-10/h2-5,11H,6-9H2,1H3,(H,15,17). The molecular formula is C14H17N3O2S. The van der Waals surface area contributed by atoms with E-state index in [-0.39, 0.29) is 11.7 Å². The van der Waals surface area contributed by atoms with Crippen molar-refractivity contribution in [2.24, 2.45) is 5.92 Å². The molecule has 0 aliphatic carbocycles. The number of nitrogens with one attached hydrogen (secondary N) is 1. The molecule has 0 amide bonds. The van der Waals surface area contributed by atoms with Crippen LogP contribution in [0.4, 0.5) is 5.82 Å². The van der Waals surface area contributed by atoms with E-state index in [1.807, 2.05) is 31.2 Å². The van der Waals surface area contributed by atoms with Crippen LogP contribution in [0.15, 0.2) is 24.3 Å². The molecule has 1 saturated heterocycles. The van der Waals surface area contributed by atoms with E-state index < -0.39 is 9.84 Å². The monoisotopic (exact) mass is 291 g/mol. The predicted molar refractivity (Wildman–Crippen MR) is 79.5 cm³/mol. The van der Waals surface area contributed by atoms with Crippen LogP contribution < -0.4 is 5.32 Å². The molecule has 0 spiro atoms. The highest BCUT2D eigenvalue weighted by Crippen LogP contribution is 2.20. The Bertz CT molecular complexity index is 743. The molecule has 6 heteroatoms. The molecular weight excluding hydrogens is 274 g/mol. The highest BCUT2D eigenvalue weighted by molar-refractivity contribution is 7.91. The Morgan fingerprint density at radius 1 is 1.25 bits per heavy atom. The molecule has 1 aliphatic heterocycles. The second-order valence-corrected chi connectivity index (χ2v) is 7.53. The number of rotatable bonds is 3. The first-order chi connectivity index (χ1) is 9.53. The Kier molecular flexibility index (Phi) is 3.33. The number of sulfone groups is 1. The summed E-state index contributed by atoms with van der Waals surface area (Å²) in [4.78, 5) is 9.06. The van der Waals surface area contributed by atoms with Gasteiger partial charge in [0.25, 0.3) is 0 Å². The molecule has 1 unspecified atom stereocenters. The lowest BCUT2D eigenvalue weighted by atomic mass is 10.1. The average molecular weight is 291 g/mol. The van der Waals surface area contributed by atoms with Crippen molar-refractivity contribution < 1.29 is 8.42 Å². The summed E-state index contributed by atoms with van der Waals surface area (Å²) in [5.41, 5.74) is 2.56. The topological polar surface area (TPSA) is 72.0 Å². The largest absolute Gasteiger partial charge is 0.368 e. The molecule has 106 valence electrons. The van der Waals surface area contributed by atoms with Crippen LogP contribution in [0.3, 0.4) is 0 Å². The summed E-state index contributed by atoms with van der Waals surface area (Å²) >= 11 is 0. The number of aromatic nitrogens is 2. The maximum Gasteiger partial charge on any atom is 0.150 e. The van der Waals surface area contributed by atoms with Gasteiger partial charge in [-0.15, -0.1) is 0 Å². The lowest BCUT2D eigenvalue weighted by Crippen LogP contribution is -2.17. The first kappa shape index (κ1) is 13.3. The van der Waals surface area contributed by atoms with Gasteiger partial charge in [-0.2, -0.15) is 0 Å². The van der Waals surface area contributed by atoms with Crippen molar-refractivity contribution in [3.8, 4) is 0 Å². The van der Waals surface area contributed by atoms with E-state index in [4.69, 9.17) is 0 Å². The van der Waals surface area contributed by atoms with Gasteiger partial charge >= 0.3 is 0 Å². The Morgan fingerprint density at radius 3 is 2.60 bits per heavy atom. The number of para-hydroxylation sites is 2. The first-order valence-corrected chi connectivity index (χ1v) is 8.53. The van der Waals surface area contributed by atoms with Gasteiger partial charge in [-0.25, -0.2) is 18.4 Å². The molecule has 5 nitrogen and oxygen atoms in total. The van der Waals surface area contributed by atoms with Crippen molar-refractivity contribution in [3.63, 3.8) is 0 Å². The maximum absolute atomic E-state index is 11.4. The van der Waals surface area contributed by atoms with Crippen LogP contribution in [0.25, 0.3) is 11.0 Å². The summed E-state index contributed by atoms with van der Waals surface area (Å²) in [5.74, 6) is 1.50. The molecule has 1 aliphatic rings. The minimum absolute atomic E-state index is 0.174. The summed E-state index contributed by atoms with van der Waals surface area (Å²) in [6.07, 6.45) is 0.732. The fourth-order valence-corrected chi connectivity index (χ4v) is 4.39. The van der Waals surface area contributed by atoms with Gasteiger partial charge in [0.2, 0.25) is 0 Å². The molecule has 1 fully saturated rings. The van der Waals surface area contributed by atoms with E-state index >= 15 is 0 Å². The average Bonchev–Trinajstić information content (AvgIpc) is 2.76. The third-order valence-corrected chi connectivity index (χ3v) is 5.47. The number of anilines is 1. The minimum Gasteiger partial charge on any atom is -0.368 e. The summed E-state index contributed by atoms with van der Waals surface area (Å²) < 4.78 is 22.9. The van der Waals surface area contributed by atoms with Gasteiger partial charge in [-0.1, -0.05) is 12.1 Å². The third kappa shape index (κ3) is 2.75. The van der Waals surface area contributed by atoms with Gasteiger partial charge in [0.15, 0.2) is 9.84 Å². The lowest BCUT2D eigenvalue weighted by molar-refractivity contribution is 0.595. The van der Waals surface area contributed by atoms with Crippen molar-refractivity contribution in [1.29, 1.82) is 0 Å². The lowest BCUT2D eigenvalue weighted by Gasteiger charge is -2.12. The number of aryl methyl sites for hydroxylation is 1. The van der Waals surface area contributed by atoms with Crippen LogP contribution in [-0.2, 0) is 9.84 Å². The smallest absolute Gasteiger partial charge is 0.150 e. The second kappa shape index (κ2) is 5.01. The first-order valence-electron chi connectivity index (χ1n) is 6.71. The van der Waals surface area contributed by atoms with Gasteiger partial charge in [0.05, 0.1) is 28.2 Å². The molecule has 2 aromatic rings. The quantitative estimate of drug-likeness (QED) is 0.933. The van der Waals surface area contributed by atoms with Gasteiger partial charge in [0.1, 0.15) is 5.82 Å². The van der Waals surface area contributed by atoms with E-state index in [2.05, 4.69) is 15.3 Å². The Morgan fingerprint density at radius 2 is 1.95 bits per heavy atom. The SMILES string of the molecule is Cc1nc2ccccc2nc1NCC1CCS(=O)(=O)C1. The second-order valence-electron chi connectivity index (χ2n) is 5.30. The molecule has 1 atom stereocenters. The van der Waals surface area contributed by atoms with Crippen LogP contribution in [0.2, 0.25) is 0 Å². The number of hydrogen-bond donors (Lipinski definition) is 1. The van der Waals surface area contributed by atoms with Crippen molar-refractivity contribution >= 4 is 26.7 Å². The van der Waals surface area contributed by atoms with Crippen LogP contribution in [0.1, 0.15) is 12.1 Å². The van der Waals surface area contributed by atoms with Gasteiger partial charge in [0, 0.05) is 6.54 Å². The van der Waals surface area contributed by atoms with E-state index in [9.17, 15) is 8.42 Å². The summed E-state index contributed by atoms with van der Waals surface area (Å²) in [7, 11) is -2.82. The summed E-state index contributed by atoms with van der Waals surface area (Å²) in [5, 5.41) is 3.25. The van der Waals surface area contributed by atoms with Crippen LogP contribution in [0.5, 0.6) is 0 Å². The van der Waals surface area contributed by atoms with Crippen LogP contribution in [0, 0.1) is 12.8 Å². The number of benzene rings is 1. The zero-order chi connectivity index (χ0) is 14.2. The van der Waals surface area contributed by atoms with Gasteiger partial charge in [-0.05, 0) is 31.4 Å². The number of fused-ring (bicyclic) bond motifs is 1. The molecule has 0 radical (unpaired) electrons. The van der Waals surface area contributed by atoms with Crippen LogP contribution >= 0.6 is 0 Å². The fourth-order valence-electron chi connectivity index (χ4n) is 2.53. The zero-order valence-electron chi connectivity index (χ0n) is 11.3. The number of nitrogens with zero attached hydrogens (tertiary/aromatic N) is 2. The fraction of sp³-hybridized carbons (Fsp3) is 0.429. The van der Waals surface area contributed by atoms with Crippen molar-refractivity contribution in [2.45, 2.75) is 13.3 Å². The normalized spacial score (nSPS) is 21.1. The third-order valence-electron chi connectivity index (χ3n) is 3.63. The highest BCUT2D eigenvalue weighted by Gasteiger charge is 2.27. The minimum atomic E-state index is -2.82. The highest BCUT2D eigenvalue weighted by atomic mass is 32.2. The molecule has 3 rings (SSSR count). The molecule has 1 aromatic carbocycles. The van der Waals surface area contributed by atoms with Gasteiger partial charge < -0.3 is 5.32 Å². The van der Waals surface area contributed by atoms with Crippen molar-refractivity contribution in [3.05, 3.63) is 30.0 Å². The Hall–Kier alpha value is -1.69. The molecule has 1 aromatic heterocycles. The molecule has 1 N–H and O–H groups in total. The molecule has 2 heterocycles. The van der Waals surface area contributed by atoms with E-state index in [1.54, 1.807) is 0 Å². The van der Waals surface area contributed by atoms with E-state index in [1.165, 1.54) is 0 Å². The Balaban J connectivity index is 1.76. The zero-order valence-corrected chi connectivity index (χ0v) is 12.2. The van der Waals surface area contributed by atoms with Gasteiger partial charge in [-0.3, -0.25) is 0 Å². The summed E-state index contributed by atoms with van der Waals surface area (Å²) in [6.45, 7) is 2.54. The van der Waals surface area contributed by atoms with Crippen LogP contribution in [-0.4, -0.2) is 36.4 Å². The molecule has 0 bridgehead atoms. The van der Waals surface area contributed by atoms with E-state index in [0.717, 1.165) is 29.0 Å². The van der Waals surface area contributed by atoms with Crippen molar-refractivity contribution in [2.75, 3.05) is 23.4 Å². The van der Waals surface area contributed by atoms with Crippen molar-refractivity contribution in [1.82, 2.24) is 9.97 Å². The predicted octanol–water partition coefficient (Wildman–Crippen LogP) is 1.78. The molecule has 0 saturated carbocycles. The maximum atomic E-state index is 11.4.